The smallest absolute Gasteiger partial charge is 0.368 e. The Kier molecular flexibility index (Phi) is 4.55. The summed E-state index contributed by atoms with van der Waals surface area (Å²) in [5.74, 6) is 2.30. The minimum atomic E-state index is -4.48. The first-order valence-corrected chi connectivity index (χ1v) is 9.24. The van der Waals surface area contributed by atoms with Crippen LogP contribution in [0.2, 0.25) is 0 Å². The van der Waals surface area contributed by atoms with E-state index in [1.165, 1.54) is 6.07 Å². The van der Waals surface area contributed by atoms with E-state index in [1.54, 1.807) is 4.52 Å². The zero-order chi connectivity index (χ0) is 20.8. The zero-order valence-corrected chi connectivity index (χ0v) is 16.3. The van der Waals surface area contributed by atoms with Crippen molar-refractivity contribution in [2.24, 2.45) is 5.92 Å². The van der Waals surface area contributed by atoms with E-state index >= 15 is 0 Å². The van der Waals surface area contributed by atoms with Crippen molar-refractivity contribution in [3.63, 3.8) is 0 Å². The van der Waals surface area contributed by atoms with Crippen molar-refractivity contribution in [2.45, 2.75) is 32.4 Å². The average molecular weight is 406 g/mol. The van der Waals surface area contributed by atoms with Crippen molar-refractivity contribution in [1.82, 2.24) is 30.0 Å². The second kappa shape index (κ2) is 6.82. The lowest BCUT2D eigenvalue weighted by atomic mass is 9.96. The van der Waals surface area contributed by atoms with Crippen LogP contribution in [0, 0.1) is 5.92 Å². The third-order valence-electron chi connectivity index (χ3n) is 4.73. The molecular formula is C18H21F3N8. The van der Waals surface area contributed by atoms with Gasteiger partial charge in [0.2, 0.25) is 0 Å². The predicted molar refractivity (Wildman–Crippen MR) is 101 cm³/mol. The van der Waals surface area contributed by atoms with Crippen LogP contribution in [0.1, 0.15) is 32.3 Å². The number of nitrogens with zero attached hydrogens (tertiary/aromatic N) is 7. The highest BCUT2D eigenvalue weighted by molar-refractivity contribution is 5.48. The molecule has 29 heavy (non-hydrogen) atoms. The molecule has 3 aromatic heterocycles. The first-order valence-electron chi connectivity index (χ1n) is 9.24. The standard InChI is InChI=1S/C18H21F3N8/c1-17(2,3)16-26-25-14-6-7-15(27-29(14)16)28-9-11(10-28)8-22-13-5-4-12(23-24-13)18(19,20)21/h4-7,11H,8-10H2,1-3H3,(H,22,24). The second-order valence-corrected chi connectivity index (χ2v) is 8.19. The van der Waals surface area contributed by atoms with E-state index in [0.717, 1.165) is 30.8 Å². The van der Waals surface area contributed by atoms with E-state index in [2.05, 4.69) is 56.5 Å². The van der Waals surface area contributed by atoms with Gasteiger partial charge in [-0.15, -0.1) is 25.5 Å². The van der Waals surface area contributed by atoms with Crippen LogP contribution in [0.25, 0.3) is 5.65 Å². The van der Waals surface area contributed by atoms with Crippen molar-refractivity contribution in [1.29, 1.82) is 0 Å². The Morgan fingerprint density at radius 2 is 1.76 bits per heavy atom. The van der Waals surface area contributed by atoms with E-state index in [1.807, 2.05) is 12.1 Å². The van der Waals surface area contributed by atoms with Crippen LogP contribution >= 0.6 is 0 Å². The number of alkyl halides is 3. The molecule has 1 saturated heterocycles. The van der Waals surface area contributed by atoms with Crippen molar-refractivity contribution >= 4 is 17.3 Å². The molecule has 11 heteroatoms. The van der Waals surface area contributed by atoms with Crippen LogP contribution in [-0.2, 0) is 11.6 Å². The lowest BCUT2D eigenvalue weighted by Gasteiger charge is -2.40. The molecule has 0 saturated carbocycles. The Morgan fingerprint density at radius 3 is 2.38 bits per heavy atom. The van der Waals surface area contributed by atoms with Crippen LogP contribution in [0.15, 0.2) is 24.3 Å². The van der Waals surface area contributed by atoms with Crippen molar-refractivity contribution in [2.75, 3.05) is 29.9 Å². The molecule has 0 amide bonds. The van der Waals surface area contributed by atoms with Gasteiger partial charge in [0.1, 0.15) is 11.6 Å². The van der Waals surface area contributed by atoms with Gasteiger partial charge >= 0.3 is 6.18 Å². The predicted octanol–water partition coefficient (Wildman–Crippen LogP) is 2.78. The molecule has 8 nitrogen and oxygen atoms in total. The fourth-order valence-corrected chi connectivity index (χ4v) is 3.13. The Bertz CT molecular complexity index is 1000. The fraction of sp³-hybridized carbons (Fsp3) is 0.500. The maximum atomic E-state index is 12.5. The number of hydrogen-bond donors (Lipinski definition) is 1. The molecule has 0 unspecified atom stereocenters. The van der Waals surface area contributed by atoms with Gasteiger partial charge in [0.25, 0.3) is 0 Å². The number of hydrogen-bond acceptors (Lipinski definition) is 7. The summed E-state index contributed by atoms with van der Waals surface area (Å²) in [5, 5.41) is 22.9. The van der Waals surface area contributed by atoms with Crippen LogP contribution in [0.4, 0.5) is 24.8 Å². The quantitative estimate of drug-likeness (QED) is 0.713. The summed E-state index contributed by atoms with van der Waals surface area (Å²) in [5.41, 5.74) is -0.462. The summed E-state index contributed by atoms with van der Waals surface area (Å²) < 4.78 is 39.4. The maximum Gasteiger partial charge on any atom is 0.435 e. The van der Waals surface area contributed by atoms with Gasteiger partial charge in [-0.1, -0.05) is 20.8 Å². The van der Waals surface area contributed by atoms with Crippen molar-refractivity contribution in [3.8, 4) is 0 Å². The van der Waals surface area contributed by atoms with E-state index < -0.39 is 11.9 Å². The normalized spacial score (nSPS) is 15.6. The molecular weight excluding hydrogens is 385 g/mol. The van der Waals surface area contributed by atoms with Crippen LogP contribution in [-0.4, -0.2) is 49.6 Å². The van der Waals surface area contributed by atoms with Gasteiger partial charge < -0.3 is 10.2 Å². The van der Waals surface area contributed by atoms with Crippen molar-refractivity contribution in [3.05, 3.63) is 35.8 Å². The largest absolute Gasteiger partial charge is 0.435 e. The van der Waals surface area contributed by atoms with Crippen LogP contribution in [0.3, 0.4) is 0 Å². The van der Waals surface area contributed by atoms with Gasteiger partial charge in [0.15, 0.2) is 17.2 Å². The summed E-state index contributed by atoms with van der Waals surface area (Å²) in [4.78, 5) is 2.14. The molecule has 1 aliphatic rings. The highest BCUT2D eigenvalue weighted by Crippen LogP contribution is 2.28. The van der Waals surface area contributed by atoms with Gasteiger partial charge in [0.05, 0.1) is 0 Å². The van der Waals surface area contributed by atoms with Gasteiger partial charge in [0, 0.05) is 31.0 Å². The molecule has 1 fully saturated rings. The molecule has 0 atom stereocenters. The fourth-order valence-electron chi connectivity index (χ4n) is 3.13. The number of anilines is 2. The van der Waals surface area contributed by atoms with Gasteiger partial charge in [-0.25, -0.2) is 0 Å². The Labute approximate surface area is 165 Å². The lowest BCUT2D eigenvalue weighted by molar-refractivity contribution is -0.141. The Morgan fingerprint density at radius 1 is 1.00 bits per heavy atom. The summed E-state index contributed by atoms with van der Waals surface area (Å²) >= 11 is 0. The van der Waals surface area contributed by atoms with Crippen LogP contribution < -0.4 is 10.2 Å². The number of nitrogens with one attached hydrogen (secondary N) is 1. The zero-order valence-electron chi connectivity index (χ0n) is 16.3. The van der Waals surface area contributed by atoms with E-state index in [-0.39, 0.29) is 5.41 Å². The highest BCUT2D eigenvalue weighted by Gasteiger charge is 2.33. The van der Waals surface area contributed by atoms with Gasteiger partial charge in [-0.2, -0.15) is 17.7 Å². The molecule has 0 spiro atoms. The molecule has 0 radical (unpaired) electrons. The molecule has 0 aliphatic carbocycles. The van der Waals surface area contributed by atoms with Crippen LogP contribution in [0.5, 0.6) is 0 Å². The molecule has 4 heterocycles. The van der Waals surface area contributed by atoms with E-state index in [9.17, 15) is 13.2 Å². The second-order valence-electron chi connectivity index (χ2n) is 8.19. The highest BCUT2D eigenvalue weighted by atomic mass is 19.4. The minimum absolute atomic E-state index is 0.171. The molecule has 0 bridgehead atoms. The summed E-state index contributed by atoms with van der Waals surface area (Å²) in [6.07, 6.45) is -4.48. The first kappa shape index (κ1) is 19.3. The SMILES string of the molecule is CC(C)(C)c1nnc2ccc(N3CC(CNc4ccc(C(F)(F)F)nn4)C3)nn12. The van der Waals surface area contributed by atoms with Gasteiger partial charge in [-0.3, -0.25) is 0 Å². The maximum absolute atomic E-state index is 12.5. The number of aromatic nitrogens is 6. The molecule has 0 aromatic carbocycles. The van der Waals surface area contributed by atoms with Gasteiger partial charge in [-0.05, 0) is 24.3 Å². The first-order chi connectivity index (χ1) is 13.6. The van der Waals surface area contributed by atoms with Crippen molar-refractivity contribution < 1.29 is 13.2 Å². The molecule has 1 N–H and O–H groups in total. The third kappa shape index (κ3) is 3.94. The Balaban J connectivity index is 1.35. The minimum Gasteiger partial charge on any atom is -0.368 e. The topological polar surface area (TPSA) is 84.1 Å². The molecule has 3 aromatic rings. The van der Waals surface area contributed by atoms with E-state index in [4.69, 9.17) is 0 Å². The number of fused-ring (bicyclic) bond motifs is 1. The van der Waals surface area contributed by atoms with E-state index in [0.29, 0.717) is 23.9 Å². The molecule has 4 rings (SSSR count). The summed E-state index contributed by atoms with van der Waals surface area (Å²) in [6, 6.07) is 6.03. The Hall–Kier alpha value is -2.98. The molecule has 1 aliphatic heterocycles. The summed E-state index contributed by atoms with van der Waals surface area (Å²) in [6.45, 7) is 8.35. The lowest BCUT2D eigenvalue weighted by Crippen LogP contribution is -2.50. The summed E-state index contributed by atoms with van der Waals surface area (Å²) in [7, 11) is 0. The monoisotopic (exact) mass is 406 g/mol. The number of rotatable bonds is 4. The number of halogens is 3. The average Bonchev–Trinajstić information content (AvgIpc) is 3.03. The third-order valence-corrected chi connectivity index (χ3v) is 4.73. The molecule has 154 valence electrons.